The normalized spacial score (nSPS) is 43.3. The van der Waals surface area contributed by atoms with E-state index < -0.39 is 24.0 Å². The fraction of sp³-hybridized carbons (Fsp3) is 0.861. The van der Waals surface area contributed by atoms with Crippen molar-refractivity contribution in [3.05, 3.63) is 21.3 Å². The van der Waals surface area contributed by atoms with Crippen molar-refractivity contribution < 1.29 is 28.8 Å². The Morgan fingerprint density at radius 1 is 0.886 bits per heavy atom. The van der Waals surface area contributed by atoms with Crippen LogP contribution in [0.4, 0.5) is 0 Å². The molecule has 3 unspecified atom stereocenters. The van der Waals surface area contributed by atoms with Crippen molar-refractivity contribution >= 4 is 17.7 Å². The Hall–Kier alpha value is -2.25. The van der Waals surface area contributed by atoms with Crippen molar-refractivity contribution in [1.29, 1.82) is 0 Å². The molecule has 5 rings (SSSR count). The van der Waals surface area contributed by atoms with Crippen LogP contribution in [-0.4, -0.2) is 41.4 Å². The summed E-state index contributed by atoms with van der Waals surface area (Å²) in [6.45, 7) is 21.0. The predicted octanol–water partition coefficient (Wildman–Crippen LogP) is 7.50. The number of fused-ring (bicyclic) bond motifs is 7. The maximum Gasteiger partial charge on any atom is 0.303 e. The highest BCUT2D eigenvalue weighted by Gasteiger charge is 2.75. The van der Waals surface area contributed by atoms with Crippen LogP contribution in [0.3, 0.4) is 0 Å². The Bertz CT molecular complexity index is 1280. The summed E-state index contributed by atoms with van der Waals surface area (Å²) in [5.74, 6) is -0.191. The van der Waals surface area contributed by atoms with Gasteiger partial charge in [0.25, 0.3) is 0 Å². The maximum atomic E-state index is 13.9. The molecule has 8 nitrogen and oxygen atoms in total. The monoisotopic (exact) mass is 613 g/mol. The predicted molar refractivity (Wildman–Crippen MR) is 167 cm³/mol. The number of allylic oxidation sites excluding steroid dienone is 1. The number of ether oxygens (including phenoxy) is 2. The molecular weight excluding hydrogens is 558 g/mol. The third kappa shape index (κ3) is 4.23. The fourth-order valence-electron chi connectivity index (χ4n) is 12.5. The number of carbonyl (C=O) groups excluding carboxylic acids is 3. The number of carbonyl (C=O) groups is 3. The largest absolute Gasteiger partial charge is 0.462 e. The quantitative estimate of drug-likeness (QED) is 0.173. The van der Waals surface area contributed by atoms with Gasteiger partial charge in [0.2, 0.25) is 6.54 Å². The molecule has 0 aromatic heterocycles. The number of esters is 2. The second kappa shape index (κ2) is 10.4. The Morgan fingerprint density at radius 2 is 1.50 bits per heavy atom. The highest BCUT2D eigenvalue weighted by molar-refractivity contribution is 6.01. The second-order valence-electron chi connectivity index (χ2n) is 17.0. The van der Waals surface area contributed by atoms with Gasteiger partial charge in [-0.3, -0.25) is 24.5 Å². The lowest BCUT2D eigenvalue weighted by molar-refractivity contribution is -0.494. The van der Waals surface area contributed by atoms with E-state index in [9.17, 15) is 24.5 Å². The van der Waals surface area contributed by atoms with Crippen LogP contribution in [0.15, 0.2) is 11.1 Å². The third-order valence-electron chi connectivity index (χ3n) is 15.0. The zero-order valence-corrected chi connectivity index (χ0v) is 28.8. The molecule has 44 heavy (non-hydrogen) atoms. The molecular formula is C36H55NO7. The van der Waals surface area contributed by atoms with Crippen LogP contribution in [-0.2, 0) is 23.9 Å². The lowest BCUT2D eigenvalue weighted by Gasteiger charge is -2.76. The summed E-state index contributed by atoms with van der Waals surface area (Å²) in [5, 5.41) is 11.9. The van der Waals surface area contributed by atoms with E-state index in [-0.39, 0.29) is 68.1 Å². The molecule has 4 saturated carbocycles. The molecule has 0 aromatic rings. The van der Waals surface area contributed by atoms with Crippen LogP contribution in [0.5, 0.6) is 0 Å². The molecule has 0 saturated heterocycles. The van der Waals surface area contributed by atoms with Gasteiger partial charge in [0.1, 0.15) is 6.10 Å². The summed E-state index contributed by atoms with van der Waals surface area (Å²) >= 11 is 0. The first-order valence-corrected chi connectivity index (χ1v) is 17.0. The molecule has 0 heterocycles. The van der Waals surface area contributed by atoms with Gasteiger partial charge in [-0.15, -0.1) is 0 Å². The van der Waals surface area contributed by atoms with E-state index in [2.05, 4.69) is 55.4 Å². The maximum absolute atomic E-state index is 13.9. The molecule has 0 amide bonds. The zero-order valence-electron chi connectivity index (χ0n) is 28.8. The number of Topliss-reactive ketones (excluding diaryl/α,β-unsaturated/α-hetero) is 1. The Kier molecular flexibility index (Phi) is 7.82. The summed E-state index contributed by atoms with van der Waals surface area (Å²) < 4.78 is 11.7. The van der Waals surface area contributed by atoms with E-state index in [1.807, 2.05) is 0 Å². The van der Waals surface area contributed by atoms with Crippen molar-refractivity contribution in [2.45, 2.75) is 139 Å². The molecule has 0 aliphatic heterocycles. The van der Waals surface area contributed by atoms with Gasteiger partial charge < -0.3 is 9.47 Å². The van der Waals surface area contributed by atoms with Crippen molar-refractivity contribution in [1.82, 2.24) is 0 Å². The van der Waals surface area contributed by atoms with Gasteiger partial charge in [0.15, 0.2) is 11.9 Å². The minimum Gasteiger partial charge on any atom is -0.462 e. The lowest BCUT2D eigenvalue weighted by atomic mass is 9.28. The van der Waals surface area contributed by atoms with Crippen molar-refractivity contribution in [2.24, 2.45) is 50.2 Å². The van der Waals surface area contributed by atoms with Gasteiger partial charge in [-0.1, -0.05) is 55.4 Å². The molecule has 9 atom stereocenters. The first-order chi connectivity index (χ1) is 20.2. The van der Waals surface area contributed by atoms with E-state index in [0.717, 1.165) is 56.1 Å². The van der Waals surface area contributed by atoms with Gasteiger partial charge in [-0.2, -0.15) is 0 Å². The van der Waals surface area contributed by atoms with Crippen molar-refractivity contribution in [2.75, 3.05) is 6.54 Å². The van der Waals surface area contributed by atoms with Gasteiger partial charge in [0, 0.05) is 36.0 Å². The molecule has 246 valence electrons. The van der Waals surface area contributed by atoms with Gasteiger partial charge in [-0.25, -0.2) is 0 Å². The molecule has 0 aromatic carbocycles. The van der Waals surface area contributed by atoms with E-state index in [1.165, 1.54) is 13.8 Å². The minimum absolute atomic E-state index is 0.00389. The summed E-state index contributed by atoms with van der Waals surface area (Å²) in [7, 11) is 0. The molecule has 5 aliphatic rings. The highest BCUT2D eigenvalue weighted by atomic mass is 16.6. The number of nitrogens with zero attached hydrogens (tertiary/aromatic N) is 1. The first kappa shape index (κ1) is 33.1. The van der Waals surface area contributed by atoms with Gasteiger partial charge in [-0.05, 0) is 102 Å². The number of nitro groups is 1. The summed E-state index contributed by atoms with van der Waals surface area (Å²) in [4.78, 5) is 49.8. The number of hydrogen-bond donors (Lipinski definition) is 0. The zero-order chi connectivity index (χ0) is 32.8. The molecule has 5 aliphatic carbocycles. The third-order valence-corrected chi connectivity index (χ3v) is 15.0. The van der Waals surface area contributed by atoms with E-state index in [1.54, 1.807) is 0 Å². The van der Waals surface area contributed by atoms with Crippen molar-refractivity contribution in [3.8, 4) is 0 Å². The van der Waals surface area contributed by atoms with Crippen LogP contribution in [0, 0.1) is 60.4 Å². The average Bonchev–Trinajstić information content (AvgIpc) is 3.20. The number of ketones is 1. The summed E-state index contributed by atoms with van der Waals surface area (Å²) in [6, 6.07) is 0. The Balaban J connectivity index is 1.62. The van der Waals surface area contributed by atoms with Crippen LogP contribution < -0.4 is 0 Å². The first-order valence-electron chi connectivity index (χ1n) is 17.0. The average molecular weight is 614 g/mol. The smallest absolute Gasteiger partial charge is 0.303 e. The molecule has 4 fully saturated rings. The Labute approximate surface area is 263 Å². The van der Waals surface area contributed by atoms with Crippen LogP contribution in [0.2, 0.25) is 0 Å². The topological polar surface area (TPSA) is 113 Å². The summed E-state index contributed by atoms with van der Waals surface area (Å²) in [6.07, 6.45) is 6.44. The molecule has 0 spiro atoms. The van der Waals surface area contributed by atoms with Crippen molar-refractivity contribution in [3.63, 3.8) is 0 Å². The lowest BCUT2D eigenvalue weighted by Crippen LogP contribution is -2.70. The molecule has 0 bridgehead atoms. The molecule has 8 heteroatoms. The Morgan fingerprint density at radius 3 is 2.07 bits per heavy atom. The summed E-state index contributed by atoms with van der Waals surface area (Å²) in [5.41, 5.74) is 0.794. The van der Waals surface area contributed by atoms with Gasteiger partial charge >= 0.3 is 11.9 Å². The van der Waals surface area contributed by atoms with E-state index >= 15 is 0 Å². The minimum atomic E-state index is -0.957. The van der Waals surface area contributed by atoms with Crippen LogP contribution in [0.1, 0.15) is 127 Å². The molecule has 0 N–H and O–H groups in total. The standard InChI is InChI=1S/C36H55NO7/c1-21(2)29-25(40)19-36(28(20-37(41)42)44-23(4)39)18-17-32(7)24(30(29)36)11-15-35(10)33(8)14-13-27(43-22(3)38)31(5,6)26(33)12-16-34(32,35)9/h21,24,26-28H,11-20H2,1-10H3/t24?,26-,27?,28?,32+,33-,34-,35+,36-/m0/s1. The highest BCUT2D eigenvalue weighted by Crippen LogP contribution is 2.81. The molecule has 0 radical (unpaired) electrons. The van der Waals surface area contributed by atoms with Crippen LogP contribution in [0.25, 0.3) is 0 Å². The van der Waals surface area contributed by atoms with Crippen LogP contribution >= 0.6 is 0 Å². The van der Waals surface area contributed by atoms with Gasteiger partial charge in [0.05, 0.1) is 0 Å². The number of hydrogen-bond acceptors (Lipinski definition) is 7. The van der Waals surface area contributed by atoms with E-state index in [0.29, 0.717) is 12.3 Å². The van der Waals surface area contributed by atoms with E-state index in [4.69, 9.17) is 9.47 Å². The fourth-order valence-corrected chi connectivity index (χ4v) is 12.5. The number of rotatable bonds is 6. The second-order valence-corrected chi connectivity index (χ2v) is 17.0. The SMILES string of the molecule is CC(=O)OC1CC[C@@]2(C)[C@@H](CC[C@]3(C)[C@]2(C)CCC2C4=C(C(C)C)C(=O)C[C@]4(C(C[N+](=O)[O-])OC(C)=O)CC[C@]23C)C1(C)C.